The zero-order valence-corrected chi connectivity index (χ0v) is 17.6. The summed E-state index contributed by atoms with van der Waals surface area (Å²) in [6, 6.07) is 16.6. The second-order valence-electron chi connectivity index (χ2n) is 8.67. The molecule has 0 spiro atoms. The topological polar surface area (TPSA) is 41.5 Å². The van der Waals surface area contributed by atoms with Gasteiger partial charge in [-0.15, -0.1) is 12.4 Å². The molecule has 0 saturated heterocycles. The molecule has 0 amide bonds. The first-order chi connectivity index (χ1) is 12.3. The van der Waals surface area contributed by atoms with Crippen molar-refractivity contribution >= 4 is 12.4 Å². The predicted octanol–water partition coefficient (Wildman–Crippen LogP) is 5.28. The van der Waals surface area contributed by atoms with Gasteiger partial charge in [0.05, 0.1) is 6.10 Å². The minimum absolute atomic E-state index is 0. The summed E-state index contributed by atoms with van der Waals surface area (Å²) in [6.07, 6.45) is 2.66. The Bertz CT molecular complexity index is 707. The minimum atomic E-state index is -0.247. The highest BCUT2D eigenvalue weighted by molar-refractivity contribution is 5.85. The summed E-state index contributed by atoms with van der Waals surface area (Å²) in [5.74, 6) is 2.24. The van der Waals surface area contributed by atoms with Gasteiger partial charge in [0.2, 0.25) is 0 Å². The molecule has 4 heteroatoms. The number of rotatable bonds is 5. The lowest BCUT2D eigenvalue weighted by molar-refractivity contribution is 0.133. The van der Waals surface area contributed by atoms with E-state index in [1.807, 2.05) is 24.3 Å². The molecule has 3 rings (SSSR count). The van der Waals surface area contributed by atoms with Gasteiger partial charge in [-0.1, -0.05) is 29.8 Å². The molecule has 2 N–H and O–H groups in total. The van der Waals surface area contributed by atoms with Crippen LogP contribution in [0.4, 0.5) is 0 Å². The maximum atomic E-state index is 10.3. The van der Waals surface area contributed by atoms with Crippen LogP contribution in [0.3, 0.4) is 0 Å². The molecule has 1 aliphatic rings. The number of benzene rings is 2. The van der Waals surface area contributed by atoms with Gasteiger partial charge in [-0.25, -0.2) is 0 Å². The molecule has 0 heterocycles. The van der Waals surface area contributed by atoms with Gasteiger partial charge in [0, 0.05) is 11.6 Å². The molecule has 1 saturated carbocycles. The first kappa shape index (κ1) is 21.7. The summed E-state index contributed by atoms with van der Waals surface area (Å²) < 4.78 is 5.90. The third kappa shape index (κ3) is 6.53. The summed E-state index contributed by atoms with van der Waals surface area (Å²) in [7, 11) is 0. The largest absolute Gasteiger partial charge is 0.457 e. The lowest BCUT2D eigenvalue weighted by Crippen LogP contribution is -2.47. The summed E-state index contributed by atoms with van der Waals surface area (Å²) in [5.41, 5.74) is 2.57. The fourth-order valence-corrected chi connectivity index (χ4v) is 3.77. The van der Waals surface area contributed by atoms with E-state index < -0.39 is 0 Å². The van der Waals surface area contributed by atoms with Gasteiger partial charge in [0.25, 0.3) is 0 Å². The maximum absolute atomic E-state index is 10.3. The van der Waals surface area contributed by atoms with Crippen LogP contribution < -0.4 is 10.1 Å². The van der Waals surface area contributed by atoms with Crippen molar-refractivity contribution in [2.24, 2.45) is 5.92 Å². The molecule has 148 valence electrons. The molecule has 0 unspecified atom stereocenters. The standard InChI is InChI=1S/C23H31NO2.ClH/c1-16-5-9-19(10-6-16)26-20-11-7-17(8-12-20)13-18-14-21(22(25)15-18)24-23(2,3)4;/h5-12,18,21-22,24-25H,13-15H2,1-4H3;1H/t18-,21+,22+;/m0./s1. The summed E-state index contributed by atoms with van der Waals surface area (Å²) in [5, 5.41) is 13.9. The monoisotopic (exact) mass is 389 g/mol. The van der Waals surface area contributed by atoms with Crippen LogP contribution in [0, 0.1) is 12.8 Å². The van der Waals surface area contributed by atoms with Gasteiger partial charge < -0.3 is 15.2 Å². The molecular weight excluding hydrogens is 358 g/mol. The van der Waals surface area contributed by atoms with E-state index in [0.717, 1.165) is 30.8 Å². The second-order valence-corrected chi connectivity index (χ2v) is 8.67. The molecule has 3 atom stereocenters. The van der Waals surface area contributed by atoms with E-state index in [2.05, 4.69) is 57.3 Å². The Morgan fingerprint density at radius 1 is 0.963 bits per heavy atom. The van der Waals surface area contributed by atoms with Crippen LogP contribution in [0.1, 0.15) is 44.7 Å². The van der Waals surface area contributed by atoms with E-state index in [0.29, 0.717) is 5.92 Å². The number of hydrogen-bond acceptors (Lipinski definition) is 3. The quantitative estimate of drug-likeness (QED) is 0.731. The van der Waals surface area contributed by atoms with Gasteiger partial charge in [0.1, 0.15) is 11.5 Å². The van der Waals surface area contributed by atoms with E-state index in [9.17, 15) is 5.11 Å². The molecule has 2 aromatic carbocycles. The van der Waals surface area contributed by atoms with Crippen LogP contribution in [0.2, 0.25) is 0 Å². The lowest BCUT2D eigenvalue weighted by atomic mass is 9.97. The average Bonchev–Trinajstić information content (AvgIpc) is 2.89. The zero-order valence-electron chi connectivity index (χ0n) is 16.7. The van der Waals surface area contributed by atoms with Crippen molar-refractivity contribution < 1.29 is 9.84 Å². The van der Waals surface area contributed by atoms with Gasteiger partial charge >= 0.3 is 0 Å². The molecule has 27 heavy (non-hydrogen) atoms. The van der Waals surface area contributed by atoms with Crippen molar-refractivity contribution in [3.8, 4) is 11.5 Å². The summed E-state index contributed by atoms with van der Waals surface area (Å²) in [6.45, 7) is 8.53. The third-order valence-electron chi connectivity index (χ3n) is 4.95. The molecule has 1 fully saturated rings. The van der Waals surface area contributed by atoms with Crippen molar-refractivity contribution in [1.29, 1.82) is 0 Å². The Morgan fingerprint density at radius 2 is 1.52 bits per heavy atom. The van der Waals surface area contributed by atoms with Crippen LogP contribution in [0.15, 0.2) is 48.5 Å². The van der Waals surface area contributed by atoms with Gasteiger partial charge in [0.15, 0.2) is 0 Å². The SMILES string of the molecule is Cc1ccc(Oc2ccc(C[C@@H]3C[C@@H](O)[C@H](NC(C)(C)C)C3)cc2)cc1.Cl. The maximum Gasteiger partial charge on any atom is 0.127 e. The Labute approximate surface area is 169 Å². The highest BCUT2D eigenvalue weighted by Gasteiger charge is 2.34. The highest BCUT2D eigenvalue weighted by Crippen LogP contribution is 2.31. The fourth-order valence-electron chi connectivity index (χ4n) is 3.77. The molecule has 2 aromatic rings. The number of halogens is 1. The molecular formula is C23H32ClNO2. The van der Waals surface area contributed by atoms with Crippen LogP contribution >= 0.6 is 12.4 Å². The molecule has 0 aromatic heterocycles. The first-order valence-electron chi connectivity index (χ1n) is 9.58. The number of aliphatic hydroxyl groups is 1. The van der Waals surface area contributed by atoms with Crippen LogP contribution in [-0.2, 0) is 6.42 Å². The number of ether oxygens (including phenoxy) is 1. The van der Waals surface area contributed by atoms with E-state index >= 15 is 0 Å². The highest BCUT2D eigenvalue weighted by atomic mass is 35.5. The van der Waals surface area contributed by atoms with E-state index in [-0.39, 0.29) is 30.1 Å². The fraction of sp³-hybridized carbons (Fsp3) is 0.478. The summed E-state index contributed by atoms with van der Waals surface area (Å²) >= 11 is 0. The van der Waals surface area contributed by atoms with Crippen LogP contribution in [0.5, 0.6) is 11.5 Å². The van der Waals surface area contributed by atoms with Gasteiger partial charge in [-0.3, -0.25) is 0 Å². The molecule has 0 radical (unpaired) electrons. The second kappa shape index (κ2) is 9.09. The molecule has 0 bridgehead atoms. The Kier molecular flexibility index (Phi) is 7.32. The van der Waals surface area contributed by atoms with Crippen LogP contribution in [0.25, 0.3) is 0 Å². The average molecular weight is 390 g/mol. The van der Waals surface area contributed by atoms with Crippen molar-refractivity contribution in [1.82, 2.24) is 5.32 Å². The van der Waals surface area contributed by atoms with Crippen LogP contribution in [-0.4, -0.2) is 22.8 Å². The lowest BCUT2D eigenvalue weighted by Gasteiger charge is -2.27. The van der Waals surface area contributed by atoms with E-state index in [4.69, 9.17) is 4.74 Å². The normalized spacial score (nSPS) is 22.3. The molecule has 0 aliphatic heterocycles. The van der Waals surface area contributed by atoms with E-state index in [1.54, 1.807) is 0 Å². The van der Waals surface area contributed by atoms with Crippen molar-refractivity contribution in [2.45, 2.75) is 64.6 Å². The first-order valence-corrected chi connectivity index (χ1v) is 9.58. The minimum Gasteiger partial charge on any atom is -0.457 e. The summed E-state index contributed by atoms with van der Waals surface area (Å²) in [4.78, 5) is 0. The number of nitrogens with one attached hydrogen (secondary N) is 1. The smallest absolute Gasteiger partial charge is 0.127 e. The third-order valence-corrected chi connectivity index (χ3v) is 4.95. The van der Waals surface area contributed by atoms with E-state index in [1.165, 1.54) is 11.1 Å². The number of aryl methyl sites for hydroxylation is 1. The van der Waals surface area contributed by atoms with Gasteiger partial charge in [-0.2, -0.15) is 0 Å². The molecule has 1 aliphatic carbocycles. The number of hydrogen-bond donors (Lipinski definition) is 2. The predicted molar refractivity (Wildman–Crippen MR) is 114 cm³/mol. The van der Waals surface area contributed by atoms with Gasteiger partial charge in [-0.05, 0) is 82.7 Å². The zero-order chi connectivity index (χ0) is 18.7. The molecule has 3 nitrogen and oxygen atoms in total. The Balaban J connectivity index is 0.00000261. The Hall–Kier alpha value is -1.55. The van der Waals surface area contributed by atoms with Crippen molar-refractivity contribution in [2.75, 3.05) is 0 Å². The van der Waals surface area contributed by atoms with Crippen molar-refractivity contribution in [3.63, 3.8) is 0 Å². The van der Waals surface area contributed by atoms with Crippen molar-refractivity contribution in [3.05, 3.63) is 59.7 Å². The number of aliphatic hydroxyl groups excluding tert-OH is 1. The Morgan fingerprint density at radius 3 is 2.07 bits per heavy atom.